The van der Waals surface area contributed by atoms with Crippen LogP contribution < -0.4 is 20.0 Å². The molecule has 0 bridgehead atoms. The van der Waals surface area contributed by atoms with E-state index in [-0.39, 0.29) is 47.0 Å². The van der Waals surface area contributed by atoms with Gasteiger partial charge < -0.3 is 15.4 Å². The van der Waals surface area contributed by atoms with Crippen LogP contribution in [0.15, 0.2) is 18.2 Å². The Balaban J connectivity index is 1.36. The fourth-order valence-electron chi connectivity index (χ4n) is 5.56. The number of nitrogens with zero attached hydrogens (tertiary/aromatic N) is 3. The lowest BCUT2D eigenvalue weighted by molar-refractivity contribution is -0.123. The van der Waals surface area contributed by atoms with Crippen molar-refractivity contribution in [1.29, 1.82) is 5.26 Å². The normalized spacial score (nSPS) is 26.7. The second kappa shape index (κ2) is 11.2. The molecule has 1 saturated carbocycles. The van der Waals surface area contributed by atoms with Gasteiger partial charge in [0, 0.05) is 44.4 Å². The molecular formula is C26H35FN5O4+. The first kappa shape index (κ1) is 25.9. The highest BCUT2D eigenvalue weighted by molar-refractivity contribution is 5.90. The van der Waals surface area contributed by atoms with Gasteiger partial charge in [-0.25, -0.2) is 9.18 Å². The molecule has 1 aliphatic carbocycles. The molecule has 4 rings (SSSR count). The van der Waals surface area contributed by atoms with Crippen LogP contribution in [0.4, 0.5) is 20.6 Å². The predicted octanol–water partition coefficient (Wildman–Crippen LogP) is 3.32. The highest BCUT2D eigenvalue weighted by Crippen LogP contribution is 2.36. The molecule has 194 valence electrons. The average Bonchev–Trinajstić information content (AvgIpc) is 3.24. The van der Waals surface area contributed by atoms with Crippen LogP contribution in [0.3, 0.4) is 0 Å². The Morgan fingerprint density at radius 1 is 1.19 bits per heavy atom. The Hall–Kier alpha value is -3.19. The predicted molar refractivity (Wildman–Crippen MR) is 132 cm³/mol. The summed E-state index contributed by atoms with van der Waals surface area (Å²) in [5.41, 5.74) is 0.616. The van der Waals surface area contributed by atoms with E-state index in [1.54, 1.807) is 12.1 Å². The van der Waals surface area contributed by atoms with Crippen LogP contribution in [-0.4, -0.2) is 56.2 Å². The first-order valence-corrected chi connectivity index (χ1v) is 12.9. The highest BCUT2D eigenvalue weighted by Gasteiger charge is 2.41. The molecule has 1 atom stereocenters. The van der Waals surface area contributed by atoms with Gasteiger partial charge in [-0.05, 0) is 24.8 Å². The van der Waals surface area contributed by atoms with Crippen molar-refractivity contribution in [2.24, 2.45) is 5.92 Å². The quantitative estimate of drug-likeness (QED) is 0.441. The summed E-state index contributed by atoms with van der Waals surface area (Å²) in [6, 6.07) is 4.74. The molecule has 0 aromatic heterocycles. The molecule has 2 N–H and O–H groups in total. The van der Waals surface area contributed by atoms with Gasteiger partial charge in [0.05, 0.1) is 31.9 Å². The van der Waals surface area contributed by atoms with Crippen LogP contribution in [-0.2, 0) is 14.3 Å². The molecule has 3 fully saturated rings. The third-order valence-corrected chi connectivity index (χ3v) is 7.63. The number of rotatable bonds is 7. The Labute approximate surface area is 211 Å². The summed E-state index contributed by atoms with van der Waals surface area (Å²) in [6.45, 7) is 2.62. The first-order chi connectivity index (χ1) is 17.3. The number of nitriles is 1. The summed E-state index contributed by atoms with van der Waals surface area (Å²) in [5, 5.41) is 15.8. The van der Waals surface area contributed by atoms with Crippen molar-refractivity contribution in [3.05, 3.63) is 24.0 Å². The number of carbonyl (C=O) groups excluding carboxylic acids is 3. The Morgan fingerprint density at radius 2 is 1.92 bits per heavy atom. The molecular weight excluding hydrogens is 465 g/mol. The number of hydrogen-bond acceptors (Lipinski definition) is 5. The van der Waals surface area contributed by atoms with Gasteiger partial charge in [0.15, 0.2) is 11.5 Å². The molecule has 0 unspecified atom stereocenters. The van der Waals surface area contributed by atoms with E-state index in [2.05, 4.69) is 16.8 Å². The van der Waals surface area contributed by atoms with Gasteiger partial charge in [-0.3, -0.25) is 14.5 Å². The minimum atomic E-state index is -0.603. The topological polar surface area (TPSA) is 112 Å². The van der Waals surface area contributed by atoms with Crippen molar-refractivity contribution < 1.29 is 23.5 Å². The van der Waals surface area contributed by atoms with E-state index in [9.17, 15) is 19.6 Å². The number of halogens is 1. The lowest BCUT2D eigenvalue weighted by Crippen LogP contribution is -2.51. The number of nitrogens with one attached hydrogen (secondary N) is 2. The van der Waals surface area contributed by atoms with Gasteiger partial charge in [-0.2, -0.15) is 4.48 Å². The van der Waals surface area contributed by atoms with Crippen LogP contribution in [0.5, 0.6) is 0 Å². The zero-order valence-electron chi connectivity index (χ0n) is 20.8. The second-order valence-electron chi connectivity index (χ2n) is 10.3. The number of cyclic esters (lactones) is 1. The lowest BCUT2D eigenvalue weighted by atomic mass is 9.90. The number of hydrogen-bond donors (Lipinski definition) is 2. The number of quaternary nitrogens is 1. The van der Waals surface area contributed by atoms with E-state index in [0.717, 1.165) is 25.7 Å². The number of ether oxygens (including phenoxy) is 1. The van der Waals surface area contributed by atoms with Gasteiger partial charge in [-0.15, -0.1) is 5.26 Å². The second-order valence-corrected chi connectivity index (χ2v) is 10.3. The summed E-state index contributed by atoms with van der Waals surface area (Å²) in [7, 11) is 0. The Kier molecular flexibility index (Phi) is 8.09. The molecule has 0 spiro atoms. The number of benzene rings is 1. The number of likely N-dealkylation sites (tertiary alicyclic amines) is 1. The maximum atomic E-state index is 15.3. The van der Waals surface area contributed by atoms with Gasteiger partial charge in [0.2, 0.25) is 11.8 Å². The minimum Gasteiger partial charge on any atom is -0.442 e. The number of anilines is 1. The van der Waals surface area contributed by atoms with Crippen molar-refractivity contribution in [2.75, 3.05) is 31.1 Å². The SMILES string of the molecule is CC(=O)NC[C@H]1CN(c2ccc([N+]3(C#N)CCC(CC(=O)NC4CCCCC4)CC3)c(F)c2)C(=O)O1. The monoisotopic (exact) mass is 500 g/mol. The molecule has 9 nitrogen and oxygen atoms in total. The first-order valence-electron chi connectivity index (χ1n) is 12.9. The molecule has 10 heteroatoms. The smallest absolute Gasteiger partial charge is 0.414 e. The summed E-state index contributed by atoms with van der Waals surface area (Å²) in [5.74, 6) is -0.524. The van der Waals surface area contributed by atoms with Crippen molar-refractivity contribution >= 4 is 29.3 Å². The largest absolute Gasteiger partial charge is 0.442 e. The summed E-state index contributed by atoms with van der Waals surface area (Å²) < 4.78 is 20.4. The Bertz CT molecular complexity index is 1030. The van der Waals surface area contributed by atoms with E-state index in [0.29, 0.717) is 38.0 Å². The van der Waals surface area contributed by atoms with Crippen LogP contribution in [0.2, 0.25) is 0 Å². The molecule has 1 aromatic carbocycles. The number of carbonyl (C=O) groups is 3. The van der Waals surface area contributed by atoms with Crippen LogP contribution in [0.25, 0.3) is 0 Å². The third-order valence-electron chi connectivity index (χ3n) is 7.63. The standard InChI is InChI=1S/C26H34FN5O4/c1-18(33)29-15-22-16-31(26(35)36-22)21-7-8-24(23(27)14-21)32(17-28)11-9-19(10-12-32)13-25(34)30-20-5-3-2-4-6-20/h7-8,14,19-20,22H,2-6,9-13,15-16H2,1H3,(H-,29,30,33,34)/p+1/t19?,22-,32?/m0/s1. The van der Waals surface area contributed by atoms with Crippen molar-refractivity contribution in [3.63, 3.8) is 0 Å². The van der Waals surface area contributed by atoms with E-state index in [1.807, 2.05) is 0 Å². The maximum absolute atomic E-state index is 15.3. The van der Waals surface area contributed by atoms with E-state index in [1.165, 1.54) is 24.3 Å². The molecule has 36 heavy (non-hydrogen) atoms. The Morgan fingerprint density at radius 3 is 2.56 bits per heavy atom. The van der Waals surface area contributed by atoms with Gasteiger partial charge in [0.25, 0.3) is 0 Å². The summed E-state index contributed by atoms with van der Waals surface area (Å²) in [4.78, 5) is 37.2. The van der Waals surface area contributed by atoms with Gasteiger partial charge >= 0.3 is 12.3 Å². The zero-order valence-corrected chi connectivity index (χ0v) is 20.8. The molecule has 0 radical (unpaired) electrons. The molecule has 3 aliphatic rings. The molecule has 2 saturated heterocycles. The molecule has 2 aliphatic heterocycles. The number of piperidine rings is 1. The van der Waals surface area contributed by atoms with E-state index < -0.39 is 18.0 Å². The van der Waals surface area contributed by atoms with Crippen molar-refractivity contribution in [1.82, 2.24) is 15.1 Å². The fraction of sp³-hybridized carbons (Fsp3) is 0.615. The molecule has 2 heterocycles. The van der Waals surface area contributed by atoms with Crippen molar-refractivity contribution in [3.8, 4) is 6.19 Å². The van der Waals surface area contributed by atoms with Gasteiger partial charge in [-0.1, -0.05) is 19.3 Å². The van der Waals surface area contributed by atoms with E-state index in [4.69, 9.17) is 4.74 Å². The lowest BCUT2D eigenvalue weighted by Gasteiger charge is -2.36. The highest BCUT2D eigenvalue weighted by atomic mass is 19.1. The van der Waals surface area contributed by atoms with Crippen molar-refractivity contribution in [2.45, 2.75) is 70.4 Å². The fourth-order valence-corrected chi connectivity index (χ4v) is 5.56. The van der Waals surface area contributed by atoms with Gasteiger partial charge in [0.1, 0.15) is 6.10 Å². The molecule has 1 aromatic rings. The zero-order chi connectivity index (χ0) is 25.7. The number of amides is 3. The van der Waals surface area contributed by atoms with Crippen LogP contribution >= 0.6 is 0 Å². The minimum absolute atomic E-state index is 0.0775. The summed E-state index contributed by atoms with van der Waals surface area (Å²) in [6.07, 6.45) is 8.61. The summed E-state index contributed by atoms with van der Waals surface area (Å²) >= 11 is 0. The third kappa shape index (κ3) is 5.95. The van der Waals surface area contributed by atoms with E-state index >= 15 is 4.39 Å². The molecule has 3 amide bonds. The van der Waals surface area contributed by atoms with Crippen LogP contribution in [0, 0.1) is 23.2 Å². The average molecular weight is 501 g/mol. The maximum Gasteiger partial charge on any atom is 0.414 e. The van der Waals surface area contributed by atoms with Crippen LogP contribution in [0.1, 0.15) is 58.3 Å².